The van der Waals surface area contributed by atoms with Crippen LogP contribution in [0.3, 0.4) is 0 Å². The lowest BCUT2D eigenvalue weighted by Crippen LogP contribution is -2.63. The number of carbonyl (C=O) groups excluding carboxylic acids is 3. The lowest BCUT2D eigenvalue weighted by Gasteiger charge is -2.35. The molecule has 35 heavy (non-hydrogen) atoms. The van der Waals surface area contributed by atoms with Crippen molar-refractivity contribution in [2.75, 3.05) is 14.1 Å². The molecule has 9 heteroatoms. The van der Waals surface area contributed by atoms with Crippen LogP contribution in [0, 0.1) is 11.8 Å². The molecule has 2 bridgehead atoms. The molecule has 1 aromatic rings. The largest absolute Gasteiger partial charge is 0.487 e. The Hall–Kier alpha value is -2.91. The third kappa shape index (κ3) is 7.53. The molecule has 0 spiro atoms. The van der Waals surface area contributed by atoms with Gasteiger partial charge in [0, 0.05) is 6.20 Å². The third-order valence-corrected chi connectivity index (χ3v) is 6.09. The number of nitrogens with one attached hydrogen (secondary N) is 3. The second-order valence-corrected chi connectivity index (χ2v) is 9.84. The molecule has 0 unspecified atom stereocenters. The van der Waals surface area contributed by atoms with Gasteiger partial charge >= 0.3 is 0 Å². The Morgan fingerprint density at radius 1 is 1.11 bits per heavy atom. The Kier molecular flexibility index (Phi) is 10.3. The maximum absolute atomic E-state index is 13.5. The number of aliphatic hydroxyl groups is 1. The van der Waals surface area contributed by atoms with Crippen LogP contribution in [0.4, 0.5) is 0 Å². The number of amides is 3. The van der Waals surface area contributed by atoms with E-state index < -0.39 is 42.1 Å². The minimum atomic E-state index is -1.11. The van der Waals surface area contributed by atoms with Crippen LogP contribution in [-0.2, 0) is 14.4 Å². The van der Waals surface area contributed by atoms with Gasteiger partial charge in [0.15, 0.2) is 0 Å². The highest BCUT2D eigenvalue weighted by atomic mass is 16.5. The first-order valence-electron chi connectivity index (χ1n) is 12.1. The average Bonchev–Trinajstić information content (AvgIpc) is 2.79. The van der Waals surface area contributed by atoms with E-state index in [1.807, 2.05) is 39.8 Å². The first-order valence-corrected chi connectivity index (χ1v) is 12.1. The molecule has 3 rings (SSSR count). The van der Waals surface area contributed by atoms with Crippen molar-refractivity contribution in [3.63, 3.8) is 0 Å². The highest BCUT2D eigenvalue weighted by Gasteiger charge is 2.39. The van der Waals surface area contributed by atoms with E-state index in [1.54, 1.807) is 44.1 Å². The topological polar surface area (TPSA) is 120 Å². The van der Waals surface area contributed by atoms with Crippen molar-refractivity contribution in [2.45, 2.75) is 71.4 Å². The van der Waals surface area contributed by atoms with Gasteiger partial charge < -0.3 is 25.8 Å². The number of nitrogens with zero attached hydrogens (tertiary/aromatic N) is 1. The molecule has 3 amide bonds. The van der Waals surface area contributed by atoms with Crippen molar-refractivity contribution < 1.29 is 24.2 Å². The number of benzene rings is 1. The predicted molar refractivity (Wildman–Crippen MR) is 135 cm³/mol. The maximum Gasteiger partial charge on any atom is 0.247 e. The van der Waals surface area contributed by atoms with Gasteiger partial charge in [0.1, 0.15) is 30.0 Å². The standard InChI is InChI=1S/C26H40N4O5/c1-8-19-24(32)27-14-13-17-9-11-18(12-10-17)35-23(16(4)5)20(25(33)28-19)29-26(34)21(30(6)7)22(31)15(2)3/h9-16,19-23,31H,8H2,1-7H3,(H,27,32)(H,28,33)(H,29,34)/b14-13-/t19-,20-,21+,22-,23-/m1/s1. The molecule has 0 fully saturated rings. The maximum atomic E-state index is 13.5. The minimum absolute atomic E-state index is 0.166. The molecule has 194 valence electrons. The smallest absolute Gasteiger partial charge is 0.247 e. The van der Waals surface area contributed by atoms with Gasteiger partial charge in [-0.15, -0.1) is 0 Å². The van der Waals surface area contributed by atoms with Gasteiger partial charge in [0.2, 0.25) is 17.7 Å². The lowest BCUT2D eigenvalue weighted by atomic mass is 9.95. The summed E-state index contributed by atoms with van der Waals surface area (Å²) < 4.78 is 6.23. The van der Waals surface area contributed by atoms with Gasteiger partial charge in [-0.3, -0.25) is 19.3 Å². The van der Waals surface area contributed by atoms with E-state index >= 15 is 0 Å². The van der Waals surface area contributed by atoms with Crippen molar-refractivity contribution in [3.05, 3.63) is 36.0 Å². The van der Waals surface area contributed by atoms with Crippen LogP contribution < -0.4 is 20.7 Å². The molecule has 2 aliphatic rings. The number of hydrogen-bond acceptors (Lipinski definition) is 6. The van der Waals surface area contributed by atoms with E-state index in [1.165, 1.54) is 6.20 Å². The van der Waals surface area contributed by atoms with E-state index in [0.717, 1.165) is 5.56 Å². The Morgan fingerprint density at radius 2 is 1.74 bits per heavy atom. The number of hydrogen-bond donors (Lipinski definition) is 4. The summed E-state index contributed by atoms with van der Waals surface area (Å²) in [4.78, 5) is 41.2. The van der Waals surface area contributed by atoms with Crippen LogP contribution in [0.25, 0.3) is 6.08 Å². The fourth-order valence-corrected chi connectivity index (χ4v) is 3.93. The highest BCUT2D eigenvalue weighted by molar-refractivity contribution is 5.94. The summed E-state index contributed by atoms with van der Waals surface area (Å²) in [6.07, 6.45) is 1.97. The molecule has 1 aromatic carbocycles. The highest BCUT2D eigenvalue weighted by Crippen LogP contribution is 2.21. The Bertz CT molecular complexity index is 898. The number of likely N-dealkylation sites (N-methyl/N-ethyl adjacent to an activating group) is 1. The second-order valence-electron chi connectivity index (χ2n) is 9.84. The Labute approximate surface area is 208 Å². The van der Waals surface area contributed by atoms with E-state index in [9.17, 15) is 19.5 Å². The zero-order valence-corrected chi connectivity index (χ0v) is 21.7. The molecule has 4 N–H and O–H groups in total. The predicted octanol–water partition coefficient (Wildman–Crippen LogP) is 1.52. The van der Waals surface area contributed by atoms with Crippen molar-refractivity contribution in [2.24, 2.45) is 11.8 Å². The first-order chi connectivity index (χ1) is 16.5. The van der Waals surface area contributed by atoms with Crippen LogP contribution in [0.5, 0.6) is 5.75 Å². The van der Waals surface area contributed by atoms with E-state index in [-0.39, 0.29) is 17.7 Å². The summed E-state index contributed by atoms with van der Waals surface area (Å²) in [6, 6.07) is 4.45. The number of carbonyl (C=O) groups is 3. The van der Waals surface area contributed by atoms with Crippen molar-refractivity contribution in [1.82, 2.24) is 20.9 Å². The first kappa shape index (κ1) is 28.3. The summed E-state index contributed by atoms with van der Waals surface area (Å²) in [7, 11) is 3.40. The van der Waals surface area contributed by atoms with E-state index in [4.69, 9.17) is 4.74 Å². The van der Waals surface area contributed by atoms with Gasteiger partial charge in [0.25, 0.3) is 0 Å². The SMILES string of the molecule is CC[C@H]1NC(=O)[C@H](NC(=O)[C@H]([C@H](O)C(C)C)N(C)C)[C@@H](C(C)C)Oc2ccc(cc2)/C=C\NC1=O. The Morgan fingerprint density at radius 3 is 2.26 bits per heavy atom. The van der Waals surface area contributed by atoms with E-state index in [0.29, 0.717) is 12.2 Å². The fourth-order valence-electron chi connectivity index (χ4n) is 3.93. The van der Waals surface area contributed by atoms with Crippen molar-refractivity contribution >= 4 is 23.8 Å². The molecule has 9 nitrogen and oxygen atoms in total. The zero-order chi connectivity index (χ0) is 26.3. The molecule has 5 atom stereocenters. The molecular formula is C26H40N4O5. The number of ether oxygens (including phenoxy) is 1. The van der Waals surface area contributed by atoms with E-state index in [2.05, 4.69) is 16.0 Å². The number of rotatable bonds is 7. The van der Waals surface area contributed by atoms with Gasteiger partial charge in [0.05, 0.1) is 6.10 Å². The molecule has 0 radical (unpaired) electrons. The number of aliphatic hydroxyl groups excluding tert-OH is 1. The summed E-state index contributed by atoms with van der Waals surface area (Å²) in [5.41, 5.74) is 0.870. The monoisotopic (exact) mass is 488 g/mol. The minimum Gasteiger partial charge on any atom is -0.487 e. The van der Waals surface area contributed by atoms with Gasteiger partial charge in [-0.25, -0.2) is 0 Å². The fraction of sp³-hybridized carbons (Fsp3) is 0.577. The van der Waals surface area contributed by atoms with Crippen LogP contribution in [0.2, 0.25) is 0 Å². The molecule has 2 aliphatic heterocycles. The molecule has 0 saturated carbocycles. The quantitative estimate of drug-likeness (QED) is 0.462. The normalized spacial score (nSPS) is 23.8. The average molecular weight is 489 g/mol. The van der Waals surface area contributed by atoms with Crippen LogP contribution in [0.15, 0.2) is 30.5 Å². The summed E-state index contributed by atoms with van der Waals surface area (Å²) in [5.74, 6) is -1.19. The molecule has 2 heterocycles. The summed E-state index contributed by atoms with van der Waals surface area (Å²) in [6.45, 7) is 9.23. The second kappa shape index (κ2) is 12.7. The van der Waals surface area contributed by atoms with Gasteiger partial charge in [-0.1, -0.05) is 46.8 Å². The van der Waals surface area contributed by atoms with Crippen LogP contribution >= 0.6 is 0 Å². The number of fused-ring (bicyclic) bond motifs is 10. The molecule has 0 aromatic heterocycles. The molecular weight excluding hydrogens is 448 g/mol. The molecule has 0 saturated heterocycles. The van der Waals surface area contributed by atoms with Gasteiger partial charge in [-0.2, -0.15) is 0 Å². The molecule has 0 aliphatic carbocycles. The van der Waals surface area contributed by atoms with Crippen LogP contribution in [-0.4, -0.2) is 72.2 Å². The van der Waals surface area contributed by atoms with Crippen molar-refractivity contribution in [3.8, 4) is 5.75 Å². The lowest BCUT2D eigenvalue weighted by molar-refractivity contribution is -0.138. The summed E-state index contributed by atoms with van der Waals surface area (Å²) >= 11 is 0. The Balaban J connectivity index is 2.49. The van der Waals surface area contributed by atoms with Gasteiger partial charge in [-0.05, 0) is 56.1 Å². The van der Waals surface area contributed by atoms with Crippen LogP contribution in [0.1, 0.15) is 46.6 Å². The van der Waals surface area contributed by atoms with Crippen molar-refractivity contribution in [1.29, 1.82) is 0 Å². The summed E-state index contributed by atoms with van der Waals surface area (Å²) in [5, 5.41) is 19.0. The third-order valence-electron chi connectivity index (χ3n) is 6.09. The zero-order valence-electron chi connectivity index (χ0n) is 21.7.